The number of aryl methyl sites for hydroxylation is 1. The molecule has 1 aliphatic carbocycles. The molecule has 0 radical (unpaired) electrons. The van der Waals surface area contributed by atoms with Gasteiger partial charge in [0.05, 0.1) is 6.61 Å². The highest BCUT2D eigenvalue weighted by molar-refractivity contribution is 5.39. The molecule has 1 unspecified atom stereocenters. The van der Waals surface area contributed by atoms with Crippen molar-refractivity contribution in [2.24, 2.45) is 5.92 Å². The zero-order valence-corrected chi connectivity index (χ0v) is 13.1. The van der Waals surface area contributed by atoms with Gasteiger partial charge in [-0.15, -0.1) is 0 Å². The average Bonchev–Trinajstić information content (AvgIpc) is 2.54. The molecule has 1 saturated heterocycles. The van der Waals surface area contributed by atoms with Crippen molar-refractivity contribution in [3.63, 3.8) is 0 Å². The Labute approximate surface area is 128 Å². The van der Waals surface area contributed by atoms with Crippen molar-refractivity contribution in [1.29, 1.82) is 0 Å². The number of fused-ring (bicyclic) bond motifs is 1. The van der Waals surface area contributed by atoms with Gasteiger partial charge in [0.2, 0.25) is 0 Å². The van der Waals surface area contributed by atoms with E-state index in [9.17, 15) is 0 Å². The van der Waals surface area contributed by atoms with Crippen LogP contribution in [-0.2, 0) is 11.2 Å². The van der Waals surface area contributed by atoms with Gasteiger partial charge in [-0.3, -0.25) is 0 Å². The summed E-state index contributed by atoms with van der Waals surface area (Å²) in [7, 11) is 0. The maximum atomic E-state index is 6.03. The van der Waals surface area contributed by atoms with Crippen molar-refractivity contribution >= 4 is 0 Å². The monoisotopic (exact) mass is 289 g/mol. The topological polar surface area (TPSA) is 30.5 Å². The van der Waals surface area contributed by atoms with Gasteiger partial charge in [-0.1, -0.05) is 13.0 Å². The fourth-order valence-corrected chi connectivity index (χ4v) is 3.47. The molecule has 2 aliphatic rings. The summed E-state index contributed by atoms with van der Waals surface area (Å²) in [4.78, 5) is 0. The molecule has 1 heterocycles. The summed E-state index contributed by atoms with van der Waals surface area (Å²) >= 11 is 0. The van der Waals surface area contributed by atoms with Crippen molar-refractivity contribution in [2.45, 2.75) is 45.1 Å². The van der Waals surface area contributed by atoms with Gasteiger partial charge in [0.25, 0.3) is 0 Å². The quantitative estimate of drug-likeness (QED) is 0.900. The maximum Gasteiger partial charge on any atom is 0.119 e. The first-order chi connectivity index (χ1) is 10.4. The molecule has 0 aromatic heterocycles. The van der Waals surface area contributed by atoms with Crippen molar-refractivity contribution in [3.8, 4) is 5.75 Å². The van der Waals surface area contributed by atoms with Crippen LogP contribution in [0.2, 0.25) is 0 Å². The molecule has 3 heteroatoms. The molecule has 0 amide bonds. The molecule has 116 valence electrons. The van der Waals surface area contributed by atoms with Crippen LogP contribution in [0, 0.1) is 5.92 Å². The molecule has 1 aromatic rings. The first kappa shape index (κ1) is 14.9. The lowest BCUT2D eigenvalue weighted by Gasteiger charge is -2.27. The minimum Gasteiger partial charge on any atom is -0.493 e. The Morgan fingerprint density at radius 2 is 2.10 bits per heavy atom. The molecule has 1 fully saturated rings. The Morgan fingerprint density at radius 1 is 1.24 bits per heavy atom. The van der Waals surface area contributed by atoms with E-state index >= 15 is 0 Å². The molecule has 1 N–H and O–H groups in total. The smallest absolute Gasteiger partial charge is 0.119 e. The van der Waals surface area contributed by atoms with E-state index in [4.69, 9.17) is 9.47 Å². The second-order valence-corrected chi connectivity index (χ2v) is 6.23. The summed E-state index contributed by atoms with van der Waals surface area (Å²) in [5.41, 5.74) is 2.94. The van der Waals surface area contributed by atoms with Gasteiger partial charge in [0.1, 0.15) is 5.75 Å². The maximum absolute atomic E-state index is 6.03. The summed E-state index contributed by atoms with van der Waals surface area (Å²) in [6.07, 6.45) is 5.98. The summed E-state index contributed by atoms with van der Waals surface area (Å²) in [6, 6.07) is 7.20. The van der Waals surface area contributed by atoms with Gasteiger partial charge in [-0.2, -0.15) is 0 Å². The molecular formula is C18H27NO2. The van der Waals surface area contributed by atoms with E-state index in [0.29, 0.717) is 12.0 Å². The normalized spacial score (nSPS) is 22.8. The predicted octanol–water partition coefficient (Wildman–Crippen LogP) is 3.48. The predicted molar refractivity (Wildman–Crippen MR) is 84.8 cm³/mol. The van der Waals surface area contributed by atoms with Gasteiger partial charge < -0.3 is 14.8 Å². The third kappa shape index (κ3) is 3.78. The Kier molecular flexibility index (Phi) is 5.15. The molecule has 1 aromatic carbocycles. The first-order valence-corrected chi connectivity index (χ1v) is 8.43. The van der Waals surface area contributed by atoms with Crippen LogP contribution in [0.25, 0.3) is 0 Å². The molecule has 1 aliphatic heterocycles. The van der Waals surface area contributed by atoms with E-state index < -0.39 is 0 Å². The summed E-state index contributed by atoms with van der Waals surface area (Å²) in [5, 5.41) is 3.59. The number of hydrogen-bond acceptors (Lipinski definition) is 3. The number of ether oxygens (including phenoxy) is 2. The van der Waals surface area contributed by atoms with Gasteiger partial charge >= 0.3 is 0 Å². The standard InChI is InChI=1S/C18H27NO2/c1-2-19-18-5-3-4-15-12-16(6-7-17(15)18)21-13-14-8-10-20-11-9-14/h6-7,12,14,18-19H,2-5,8-11,13H2,1H3. The second kappa shape index (κ2) is 7.28. The van der Waals surface area contributed by atoms with Crippen LogP contribution in [0.1, 0.15) is 49.8 Å². The highest BCUT2D eigenvalue weighted by atomic mass is 16.5. The highest BCUT2D eigenvalue weighted by Crippen LogP contribution is 2.32. The van der Waals surface area contributed by atoms with Crippen LogP contribution in [-0.4, -0.2) is 26.4 Å². The molecule has 3 nitrogen and oxygen atoms in total. The Hall–Kier alpha value is -1.06. The van der Waals surface area contributed by atoms with Crippen LogP contribution in [0.5, 0.6) is 5.75 Å². The van der Waals surface area contributed by atoms with Crippen molar-refractivity contribution in [3.05, 3.63) is 29.3 Å². The van der Waals surface area contributed by atoms with Crippen molar-refractivity contribution in [2.75, 3.05) is 26.4 Å². The van der Waals surface area contributed by atoms with E-state index in [1.165, 1.54) is 30.4 Å². The lowest BCUT2D eigenvalue weighted by atomic mass is 9.87. The number of nitrogens with one attached hydrogen (secondary N) is 1. The van der Waals surface area contributed by atoms with E-state index in [1.54, 1.807) is 0 Å². The van der Waals surface area contributed by atoms with Crippen LogP contribution in [0.15, 0.2) is 18.2 Å². The fourth-order valence-electron chi connectivity index (χ4n) is 3.47. The average molecular weight is 289 g/mol. The molecule has 1 atom stereocenters. The highest BCUT2D eigenvalue weighted by Gasteiger charge is 2.20. The Balaban J connectivity index is 1.62. The first-order valence-electron chi connectivity index (χ1n) is 8.43. The van der Waals surface area contributed by atoms with Gasteiger partial charge in [-0.05, 0) is 67.8 Å². The summed E-state index contributed by atoms with van der Waals surface area (Å²) in [5.74, 6) is 1.70. The minimum absolute atomic E-state index is 0.531. The minimum atomic E-state index is 0.531. The van der Waals surface area contributed by atoms with E-state index in [-0.39, 0.29) is 0 Å². The molecular weight excluding hydrogens is 262 g/mol. The number of benzene rings is 1. The van der Waals surface area contributed by atoms with Gasteiger partial charge in [0, 0.05) is 19.3 Å². The third-order valence-electron chi connectivity index (χ3n) is 4.71. The summed E-state index contributed by atoms with van der Waals surface area (Å²) < 4.78 is 11.4. The number of rotatable bonds is 5. The van der Waals surface area contributed by atoms with Crippen LogP contribution < -0.4 is 10.1 Å². The summed E-state index contributed by atoms with van der Waals surface area (Å²) in [6.45, 7) is 5.83. The van der Waals surface area contributed by atoms with E-state index in [1.807, 2.05) is 0 Å². The third-order valence-corrected chi connectivity index (χ3v) is 4.71. The lowest BCUT2D eigenvalue weighted by molar-refractivity contribution is 0.0497. The largest absolute Gasteiger partial charge is 0.493 e. The fraction of sp³-hybridized carbons (Fsp3) is 0.667. The molecule has 21 heavy (non-hydrogen) atoms. The van der Waals surface area contributed by atoms with Crippen LogP contribution in [0.3, 0.4) is 0 Å². The zero-order valence-electron chi connectivity index (χ0n) is 13.1. The van der Waals surface area contributed by atoms with Crippen molar-refractivity contribution < 1.29 is 9.47 Å². The Morgan fingerprint density at radius 3 is 2.90 bits per heavy atom. The molecule has 0 spiro atoms. The van der Waals surface area contributed by atoms with Gasteiger partial charge in [-0.25, -0.2) is 0 Å². The van der Waals surface area contributed by atoms with E-state index in [0.717, 1.165) is 45.0 Å². The van der Waals surface area contributed by atoms with Crippen molar-refractivity contribution in [1.82, 2.24) is 5.32 Å². The SMILES string of the molecule is CCNC1CCCc2cc(OCC3CCOCC3)ccc21. The molecule has 0 bridgehead atoms. The second-order valence-electron chi connectivity index (χ2n) is 6.23. The Bertz CT molecular complexity index is 455. The van der Waals surface area contributed by atoms with Crippen LogP contribution in [0.4, 0.5) is 0 Å². The molecule has 0 saturated carbocycles. The number of hydrogen-bond donors (Lipinski definition) is 1. The van der Waals surface area contributed by atoms with Gasteiger partial charge in [0.15, 0.2) is 0 Å². The van der Waals surface area contributed by atoms with Crippen LogP contribution >= 0.6 is 0 Å². The van der Waals surface area contributed by atoms with E-state index in [2.05, 4.69) is 30.4 Å². The lowest BCUT2D eigenvalue weighted by Crippen LogP contribution is -2.25. The molecule has 3 rings (SSSR count). The zero-order chi connectivity index (χ0) is 14.5.